The number of hydrogen-bond acceptors (Lipinski definition) is 2. The lowest BCUT2D eigenvalue weighted by atomic mass is 9.98. The standard InChI is InChI=1S/C20H22N2O2/c1-14-4-2-6-16(10-14)17-7-3-5-15(11-17)12-22-20(24)18-8-9-19(23)21-13-18/h2-7,10-11,18H,8-9,12-13H2,1H3,(H,21,23)(H,22,24)/t18-/m1/s1. The predicted molar refractivity (Wildman–Crippen MR) is 94.2 cm³/mol. The van der Waals surface area contributed by atoms with Crippen LogP contribution in [0.2, 0.25) is 0 Å². The number of piperidine rings is 1. The van der Waals surface area contributed by atoms with Crippen molar-refractivity contribution in [1.82, 2.24) is 10.6 Å². The van der Waals surface area contributed by atoms with Gasteiger partial charge in [0.1, 0.15) is 0 Å². The minimum absolute atomic E-state index is 0.0101. The summed E-state index contributed by atoms with van der Waals surface area (Å²) in [4.78, 5) is 23.4. The van der Waals surface area contributed by atoms with Crippen molar-refractivity contribution >= 4 is 11.8 Å². The van der Waals surface area contributed by atoms with Crippen LogP contribution in [0.3, 0.4) is 0 Å². The van der Waals surface area contributed by atoms with Crippen molar-refractivity contribution in [3.05, 3.63) is 59.7 Å². The second-order valence-electron chi connectivity index (χ2n) is 6.33. The molecule has 0 spiro atoms. The van der Waals surface area contributed by atoms with Crippen LogP contribution in [0.4, 0.5) is 0 Å². The smallest absolute Gasteiger partial charge is 0.225 e. The molecule has 124 valence electrons. The summed E-state index contributed by atoms with van der Waals surface area (Å²) in [6.45, 7) is 3.02. The summed E-state index contributed by atoms with van der Waals surface area (Å²) >= 11 is 0. The van der Waals surface area contributed by atoms with Crippen LogP contribution < -0.4 is 10.6 Å². The number of rotatable bonds is 4. The summed E-state index contributed by atoms with van der Waals surface area (Å²) in [5, 5.41) is 5.73. The van der Waals surface area contributed by atoms with Crippen LogP contribution in [0.15, 0.2) is 48.5 Å². The van der Waals surface area contributed by atoms with E-state index in [4.69, 9.17) is 0 Å². The molecule has 4 heteroatoms. The van der Waals surface area contributed by atoms with Crippen molar-refractivity contribution in [2.45, 2.75) is 26.3 Å². The SMILES string of the molecule is Cc1cccc(-c2cccc(CNC(=O)[C@@H]3CCC(=O)NC3)c2)c1. The molecular weight excluding hydrogens is 300 g/mol. The number of carbonyl (C=O) groups excluding carboxylic acids is 2. The molecule has 1 saturated heterocycles. The zero-order valence-electron chi connectivity index (χ0n) is 13.8. The van der Waals surface area contributed by atoms with Crippen LogP contribution in [-0.2, 0) is 16.1 Å². The molecule has 2 aromatic carbocycles. The Labute approximate surface area is 142 Å². The van der Waals surface area contributed by atoms with E-state index >= 15 is 0 Å². The summed E-state index contributed by atoms with van der Waals surface area (Å²) < 4.78 is 0. The number of hydrogen-bond donors (Lipinski definition) is 2. The van der Waals surface area contributed by atoms with E-state index in [-0.39, 0.29) is 17.7 Å². The molecule has 1 atom stereocenters. The van der Waals surface area contributed by atoms with Crippen molar-refractivity contribution in [2.75, 3.05) is 6.54 Å². The van der Waals surface area contributed by atoms with Crippen LogP contribution >= 0.6 is 0 Å². The molecule has 0 unspecified atom stereocenters. The average Bonchev–Trinajstić information content (AvgIpc) is 2.60. The molecule has 2 N–H and O–H groups in total. The number of benzene rings is 2. The summed E-state index contributed by atoms with van der Waals surface area (Å²) in [5.74, 6) is -0.0801. The van der Waals surface area contributed by atoms with Gasteiger partial charge in [-0.3, -0.25) is 9.59 Å². The number of aryl methyl sites for hydroxylation is 1. The van der Waals surface area contributed by atoms with Crippen LogP contribution in [0.1, 0.15) is 24.0 Å². The van der Waals surface area contributed by atoms with Gasteiger partial charge in [-0.2, -0.15) is 0 Å². The lowest BCUT2D eigenvalue weighted by Crippen LogP contribution is -2.42. The van der Waals surface area contributed by atoms with Gasteiger partial charge >= 0.3 is 0 Å². The van der Waals surface area contributed by atoms with Crippen LogP contribution in [-0.4, -0.2) is 18.4 Å². The van der Waals surface area contributed by atoms with Gasteiger partial charge in [0.2, 0.25) is 11.8 Å². The minimum atomic E-state index is -0.123. The van der Waals surface area contributed by atoms with Gasteiger partial charge in [-0.1, -0.05) is 48.0 Å². The second-order valence-corrected chi connectivity index (χ2v) is 6.33. The molecule has 2 aromatic rings. The highest BCUT2D eigenvalue weighted by atomic mass is 16.2. The Morgan fingerprint density at radius 2 is 1.92 bits per heavy atom. The maximum atomic E-state index is 12.2. The Hall–Kier alpha value is -2.62. The molecule has 1 heterocycles. The third-order valence-electron chi connectivity index (χ3n) is 4.38. The summed E-state index contributed by atoms with van der Waals surface area (Å²) in [7, 11) is 0. The Bertz CT molecular complexity index is 745. The van der Waals surface area contributed by atoms with Crippen molar-refractivity contribution in [3.63, 3.8) is 0 Å². The van der Waals surface area contributed by atoms with E-state index < -0.39 is 0 Å². The van der Waals surface area contributed by atoms with Gasteiger partial charge in [0, 0.05) is 19.5 Å². The topological polar surface area (TPSA) is 58.2 Å². The predicted octanol–water partition coefficient (Wildman–Crippen LogP) is 2.80. The molecular formula is C20H22N2O2. The highest BCUT2D eigenvalue weighted by Gasteiger charge is 2.23. The van der Waals surface area contributed by atoms with E-state index in [0.29, 0.717) is 25.9 Å². The Balaban J connectivity index is 1.63. The molecule has 0 aliphatic carbocycles. The number of nitrogens with one attached hydrogen (secondary N) is 2. The Morgan fingerprint density at radius 1 is 1.17 bits per heavy atom. The average molecular weight is 322 g/mol. The first kappa shape index (κ1) is 16.2. The van der Waals surface area contributed by atoms with Crippen LogP contribution in [0, 0.1) is 12.8 Å². The maximum Gasteiger partial charge on any atom is 0.225 e. The van der Waals surface area contributed by atoms with E-state index in [1.807, 2.05) is 12.1 Å². The van der Waals surface area contributed by atoms with Crippen LogP contribution in [0.5, 0.6) is 0 Å². The minimum Gasteiger partial charge on any atom is -0.355 e. The normalized spacial score (nSPS) is 17.2. The number of carbonyl (C=O) groups is 2. The number of amides is 2. The van der Waals surface area contributed by atoms with Gasteiger partial charge in [-0.05, 0) is 36.1 Å². The highest BCUT2D eigenvalue weighted by molar-refractivity contribution is 5.83. The zero-order chi connectivity index (χ0) is 16.9. The maximum absolute atomic E-state index is 12.2. The Kier molecular flexibility index (Phi) is 4.94. The first-order chi connectivity index (χ1) is 11.6. The van der Waals surface area contributed by atoms with E-state index in [1.165, 1.54) is 11.1 Å². The fourth-order valence-electron chi connectivity index (χ4n) is 2.98. The van der Waals surface area contributed by atoms with Gasteiger partial charge in [0.05, 0.1) is 5.92 Å². The monoisotopic (exact) mass is 322 g/mol. The van der Waals surface area contributed by atoms with Crippen molar-refractivity contribution < 1.29 is 9.59 Å². The molecule has 3 rings (SSSR count). The molecule has 2 amide bonds. The van der Waals surface area contributed by atoms with Gasteiger partial charge in [0.25, 0.3) is 0 Å². The molecule has 1 aliphatic heterocycles. The molecule has 0 saturated carbocycles. The second kappa shape index (κ2) is 7.30. The lowest BCUT2D eigenvalue weighted by molar-refractivity contribution is -0.129. The third kappa shape index (κ3) is 4.02. The van der Waals surface area contributed by atoms with Gasteiger partial charge in [-0.25, -0.2) is 0 Å². The van der Waals surface area contributed by atoms with E-state index in [9.17, 15) is 9.59 Å². The summed E-state index contributed by atoms with van der Waals surface area (Å²) in [6.07, 6.45) is 1.06. The van der Waals surface area contributed by atoms with Gasteiger partial charge in [-0.15, -0.1) is 0 Å². The Morgan fingerprint density at radius 3 is 2.62 bits per heavy atom. The van der Waals surface area contributed by atoms with Crippen molar-refractivity contribution in [3.8, 4) is 11.1 Å². The van der Waals surface area contributed by atoms with Gasteiger partial charge < -0.3 is 10.6 Å². The first-order valence-corrected chi connectivity index (χ1v) is 8.32. The van der Waals surface area contributed by atoms with Crippen molar-refractivity contribution in [2.24, 2.45) is 5.92 Å². The van der Waals surface area contributed by atoms with Crippen LogP contribution in [0.25, 0.3) is 11.1 Å². The fourth-order valence-corrected chi connectivity index (χ4v) is 2.98. The van der Waals surface area contributed by atoms with E-state index in [1.54, 1.807) is 0 Å². The molecule has 0 aromatic heterocycles. The van der Waals surface area contributed by atoms with E-state index in [2.05, 4.69) is 54.0 Å². The molecule has 0 radical (unpaired) electrons. The summed E-state index contributed by atoms with van der Waals surface area (Å²) in [6, 6.07) is 16.6. The highest BCUT2D eigenvalue weighted by Crippen LogP contribution is 2.21. The van der Waals surface area contributed by atoms with Gasteiger partial charge in [0.15, 0.2) is 0 Å². The zero-order valence-corrected chi connectivity index (χ0v) is 13.8. The molecule has 24 heavy (non-hydrogen) atoms. The quantitative estimate of drug-likeness (QED) is 0.909. The molecule has 1 fully saturated rings. The molecule has 0 bridgehead atoms. The van der Waals surface area contributed by atoms with Crippen molar-refractivity contribution in [1.29, 1.82) is 0 Å². The first-order valence-electron chi connectivity index (χ1n) is 8.32. The largest absolute Gasteiger partial charge is 0.355 e. The molecule has 4 nitrogen and oxygen atoms in total. The fraction of sp³-hybridized carbons (Fsp3) is 0.300. The molecule has 1 aliphatic rings. The lowest BCUT2D eigenvalue weighted by Gasteiger charge is -2.21. The van der Waals surface area contributed by atoms with E-state index in [0.717, 1.165) is 11.1 Å². The summed E-state index contributed by atoms with van der Waals surface area (Å²) in [5.41, 5.74) is 4.63. The third-order valence-corrected chi connectivity index (χ3v) is 4.38.